The van der Waals surface area contributed by atoms with Crippen LogP contribution in [0.4, 0.5) is 5.69 Å². The molecule has 0 spiro atoms. The van der Waals surface area contributed by atoms with E-state index in [4.69, 9.17) is 0 Å². The van der Waals surface area contributed by atoms with Crippen molar-refractivity contribution in [3.8, 4) is 11.1 Å². The van der Waals surface area contributed by atoms with Crippen LogP contribution in [0.25, 0.3) is 11.1 Å². The molecule has 1 aliphatic rings. The standard InChI is InChI=1S/C23H23NO2/c25-16-22(26)23(19-9-5-2-6-10-19)24-14-13-18-11-12-20(15-21(18)24)17-7-3-1-4-8-17/h1-12,15,22-23,25-26H,13-14,16H2/t22-,23+/m1/s1. The van der Waals surface area contributed by atoms with E-state index < -0.39 is 6.10 Å². The van der Waals surface area contributed by atoms with Crippen LogP contribution in [0, 0.1) is 0 Å². The molecule has 3 heteroatoms. The number of hydrogen-bond donors (Lipinski definition) is 2. The molecule has 1 heterocycles. The average Bonchev–Trinajstić information content (AvgIpc) is 3.12. The molecular weight excluding hydrogens is 322 g/mol. The Kier molecular flexibility index (Phi) is 4.74. The maximum atomic E-state index is 10.6. The fraction of sp³-hybridized carbons (Fsp3) is 0.217. The Morgan fingerprint density at radius 3 is 2.23 bits per heavy atom. The van der Waals surface area contributed by atoms with Crippen LogP contribution in [-0.4, -0.2) is 29.5 Å². The smallest absolute Gasteiger partial charge is 0.101 e. The fourth-order valence-corrected chi connectivity index (χ4v) is 3.86. The summed E-state index contributed by atoms with van der Waals surface area (Å²) in [7, 11) is 0. The van der Waals surface area contributed by atoms with E-state index in [0.29, 0.717) is 0 Å². The number of rotatable bonds is 5. The Hall–Kier alpha value is -2.62. The van der Waals surface area contributed by atoms with Gasteiger partial charge in [-0.1, -0.05) is 72.8 Å². The maximum absolute atomic E-state index is 10.6. The molecule has 0 aromatic heterocycles. The normalized spacial score (nSPS) is 15.5. The highest BCUT2D eigenvalue weighted by Crippen LogP contribution is 2.39. The van der Waals surface area contributed by atoms with Crippen LogP contribution >= 0.6 is 0 Å². The van der Waals surface area contributed by atoms with Gasteiger partial charge in [-0.2, -0.15) is 0 Å². The minimum Gasteiger partial charge on any atom is -0.394 e. The molecule has 3 aromatic rings. The predicted molar refractivity (Wildman–Crippen MR) is 105 cm³/mol. The molecule has 0 unspecified atom stereocenters. The molecule has 2 atom stereocenters. The number of aliphatic hydroxyl groups is 2. The van der Waals surface area contributed by atoms with E-state index in [-0.39, 0.29) is 12.6 Å². The van der Waals surface area contributed by atoms with Gasteiger partial charge in [0.15, 0.2) is 0 Å². The van der Waals surface area contributed by atoms with E-state index in [0.717, 1.165) is 24.2 Å². The highest BCUT2D eigenvalue weighted by atomic mass is 16.3. The lowest BCUT2D eigenvalue weighted by Gasteiger charge is -2.34. The third-order valence-electron chi connectivity index (χ3n) is 5.15. The van der Waals surface area contributed by atoms with E-state index in [1.165, 1.54) is 16.7 Å². The molecule has 2 N–H and O–H groups in total. The van der Waals surface area contributed by atoms with Crippen molar-refractivity contribution in [2.24, 2.45) is 0 Å². The summed E-state index contributed by atoms with van der Waals surface area (Å²) in [6.07, 6.45) is 0.120. The summed E-state index contributed by atoms with van der Waals surface area (Å²) in [5.41, 5.74) is 5.80. The summed E-state index contributed by atoms with van der Waals surface area (Å²) in [5, 5.41) is 20.2. The van der Waals surface area contributed by atoms with Gasteiger partial charge in [-0.05, 0) is 34.7 Å². The Balaban J connectivity index is 1.75. The van der Waals surface area contributed by atoms with E-state index >= 15 is 0 Å². The van der Waals surface area contributed by atoms with Crippen molar-refractivity contribution in [3.05, 3.63) is 90.0 Å². The zero-order valence-corrected chi connectivity index (χ0v) is 14.6. The van der Waals surface area contributed by atoms with Crippen LogP contribution in [0.2, 0.25) is 0 Å². The van der Waals surface area contributed by atoms with Gasteiger partial charge in [0.05, 0.1) is 12.6 Å². The van der Waals surface area contributed by atoms with Gasteiger partial charge in [-0.3, -0.25) is 0 Å². The molecule has 0 radical (unpaired) electrons. The summed E-state index contributed by atoms with van der Waals surface area (Å²) >= 11 is 0. The third-order valence-corrected chi connectivity index (χ3v) is 5.15. The molecule has 3 aromatic carbocycles. The van der Waals surface area contributed by atoms with E-state index in [2.05, 4.69) is 35.2 Å². The largest absolute Gasteiger partial charge is 0.394 e. The number of benzene rings is 3. The number of anilines is 1. The van der Waals surface area contributed by atoms with E-state index in [9.17, 15) is 10.2 Å². The second-order valence-corrected chi connectivity index (χ2v) is 6.76. The fourth-order valence-electron chi connectivity index (χ4n) is 3.86. The van der Waals surface area contributed by atoms with Crippen LogP contribution in [-0.2, 0) is 6.42 Å². The average molecular weight is 345 g/mol. The van der Waals surface area contributed by atoms with E-state index in [1.54, 1.807) is 0 Å². The van der Waals surface area contributed by atoms with Crippen molar-refractivity contribution in [1.82, 2.24) is 0 Å². The summed E-state index contributed by atoms with van der Waals surface area (Å²) in [6.45, 7) is 0.577. The first-order chi connectivity index (χ1) is 12.8. The molecule has 0 fully saturated rings. The molecule has 4 rings (SSSR count). The lowest BCUT2D eigenvalue weighted by atomic mass is 9.98. The lowest BCUT2D eigenvalue weighted by Crippen LogP contribution is -2.37. The maximum Gasteiger partial charge on any atom is 0.101 e. The first-order valence-electron chi connectivity index (χ1n) is 9.07. The summed E-state index contributed by atoms with van der Waals surface area (Å²) < 4.78 is 0. The van der Waals surface area contributed by atoms with Gasteiger partial charge < -0.3 is 15.1 Å². The van der Waals surface area contributed by atoms with Crippen molar-refractivity contribution < 1.29 is 10.2 Å². The van der Waals surface area contributed by atoms with Crippen molar-refractivity contribution in [1.29, 1.82) is 0 Å². The zero-order valence-electron chi connectivity index (χ0n) is 14.6. The molecule has 1 aliphatic heterocycles. The predicted octanol–water partition coefficient (Wildman–Crippen LogP) is 3.81. The van der Waals surface area contributed by atoms with Crippen LogP contribution in [0.5, 0.6) is 0 Å². The summed E-state index contributed by atoms with van der Waals surface area (Å²) in [4.78, 5) is 2.23. The minimum atomic E-state index is -0.830. The summed E-state index contributed by atoms with van der Waals surface area (Å²) in [5.74, 6) is 0. The Morgan fingerprint density at radius 2 is 1.54 bits per heavy atom. The zero-order chi connectivity index (χ0) is 17.9. The minimum absolute atomic E-state index is 0.256. The highest BCUT2D eigenvalue weighted by molar-refractivity contribution is 5.72. The van der Waals surface area contributed by atoms with Crippen molar-refractivity contribution in [3.63, 3.8) is 0 Å². The summed E-state index contributed by atoms with van der Waals surface area (Å²) in [6, 6.07) is 26.6. The molecule has 0 bridgehead atoms. The van der Waals surface area contributed by atoms with Gasteiger partial charge in [-0.15, -0.1) is 0 Å². The van der Waals surface area contributed by atoms with Crippen LogP contribution in [0.1, 0.15) is 17.2 Å². The van der Waals surface area contributed by atoms with E-state index in [1.807, 2.05) is 48.5 Å². The SMILES string of the molecule is OC[C@@H](O)[C@H](c1ccccc1)N1CCc2ccc(-c3ccccc3)cc21. The number of aliphatic hydroxyl groups excluding tert-OH is 2. The second-order valence-electron chi connectivity index (χ2n) is 6.76. The molecule has 0 saturated heterocycles. The molecule has 0 saturated carbocycles. The van der Waals surface area contributed by atoms with Crippen LogP contribution < -0.4 is 4.90 Å². The Morgan fingerprint density at radius 1 is 0.846 bits per heavy atom. The molecule has 26 heavy (non-hydrogen) atoms. The first-order valence-corrected chi connectivity index (χ1v) is 9.07. The first kappa shape index (κ1) is 16.8. The second kappa shape index (κ2) is 7.32. The van der Waals surface area contributed by atoms with Crippen molar-refractivity contribution in [2.45, 2.75) is 18.6 Å². The molecular formula is C23H23NO2. The molecule has 132 valence electrons. The van der Waals surface area contributed by atoms with Crippen molar-refractivity contribution in [2.75, 3.05) is 18.1 Å². The van der Waals surface area contributed by atoms with Gasteiger partial charge in [0.2, 0.25) is 0 Å². The van der Waals surface area contributed by atoms with Crippen molar-refractivity contribution >= 4 is 5.69 Å². The van der Waals surface area contributed by atoms with Crippen LogP contribution in [0.3, 0.4) is 0 Å². The quantitative estimate of drug-likeness (QED) is 0.739. The molecule has 0 amide bonds. The van der Waals surface area contributed by atoms with Gasteiger partial charge in [0.25, 0.3) is 0 Å². The number of fused-ring (bicyclic) bond motifs is 1. The lowest BCUT2D eigenvalue weighted by molar-refractivity contribution is 0.0717. The van der Waals surface area contributed by atoms with Gasteiger partial charge >= 0.3 is 0 Å². The third kappa shape index (κ3) is 3.12. The number of nitrogens with zero attached hydrogens (tertiary/aromatic N) is 1. The monoisotopic (exact) mass is 345 g/mol. The molecule has 0 aliphatic carbocycles. The van der Waals surface area contributed by atoms with Gasteiger partial charge in [-0.25, -0.2) is 0 Å². The topological polar surface area (TPSA) is 43.7 Å². The van der Waals surface area contributed by atoms with Crippen LogP contribution in [0.15, 0.2) is 78.9 Å². The van der Waals surface area contributed by atoms with Gasteiger partial charge in [0, 0.05) is 12.2 Å². The highest BCUT2D eigenvalue weighted by Gasteiger charge is 2.32. The molecule has 3 nitrogen and oxygen atoms in total. The number of hydrogen-bond acceptors (Lipinski definition) is 3. The van der Waals surface area contributed by atoms with Gasteiger partial charge in [0.1, 0.15) is 6.10 Å². The Labute approximate surface area is 154 Å². The Bertz CT molecular complexity index is 864.